The molecule has 0 bridgehead atoms. The van der Waals surface area contributed by atoms with Gasteiger partial charge in [-0.05, 0) is 17.7 Å². The molecule has 1 aliphatic heterocycles. The van der Waals surface area contributed by atoms with Crippen molar-refractivity contribution in [3.05, 3.63) is 81.5 Å². The van der Waals surface area contributed by atoms with Crippen LogP contribution in [0.2, 0.25) is 0 Å². The number of nitrogens with zero attached hydrogens (tertiary/aromatic N) is 3. The van der Waals surface area contributed by atoms with Gasteiger partial charge in [-0.1, -0.05) is 30.3 Å². The Balaban J connectivity index is 1.74. The van der Waals surface area contributed by atoms with Crippen molar-refractivity contribution in [1.82, 2.24) is 14.8 Å². The molecule has 1 N–H and O–H groups in total. The number of aromatic nitrogens is 1. The van der Waals surface area contributed by atoms with Gasteiger partial charge in [0.05, 0.1) is 4.92 Å². The molecule has 0 atom stereocenters. The fourth-order valence-electron chi connectivity index (χ4n) is 3.34. The monoisotopic (exact) mass is 404 g/mol. The lowest BCUT2D eigenvalue weighted by atomic mass is 10.1. The predicted molar refractivity (Wildman–Crippen MR) is 108 cm³/mol. The quantitative estimate of drug-likeness (QED) is 0.311. The average Bonchev–Trinajstić information content (AvgIpc) is 3.07. The van der Waals surface area contributed by atoms with Gasteiger partial charge < -0.3 is 4.57 Å². The van der Waals surface area contributed by atoms with Crippen LogP contribution < -0.4 is 5.32 Å². The minimum atomic E-state index is -0.761. The molecular formula is C21H16N4O5. The number of imide groups is 2. The van der Waals surface area contributed by atoms with Gasteiger partial charge >= 0.3 is 6.03 Å². The Morgan fingerprint density at radius 2 is 1.77 bits per heavy atom. The van der Waals surface area contributed by atoms with Crippen LogP contribution in [0.15, 0.2) is 60.3 Å². The molecule has 1 fully saturated rings. The molecule has 0 aliphatic carbocycles. The molecule has 2 aromatic carbocycles. The van der Waals surface area contributed by atoms with Gasteiger partial charge in [-0.2, -0.15) is 0 Å². The molecule has 3 aromatic rings. The molecule has 1 aromatic heterocycles. The Morgan fingerprint density at radius 3 is 2.47 bits per heavy atom. The van der Waals surface area contributed by atoms with Gasteiger partial charge in [-0.25, -0.2) is 4.79 Å². The molecule has 1 aliphatic rings. The first-order valence-corrected chi connectivity index (χ1v) is 9.01. The summed E-state index contributed by atoms with van der Waals surface area (Å²) in [6, 6.07) is 13.0. The van der Waals surface area contributed by atoms with Crippen LogP contribution in [0.5, 0.6) is 0 Å². The third kappa shape index (κ3) is 3.32. The van der Waals surface area contributed by atoms with Crippen LogP contribution in [-0.2, 0) is 16.1 Å². The fraction of sp³-hybridized carbons (Fsp3) is 0.0952. The number of para-hydroxylation sites is 1. The number of carbonyl (C=O) groups is 3. The summed E-state index contributed by atoms with van der Waals surface area (Å²) in [5.41, 5.74) is 2.26. The third-order valence-corrected chi connectivity index (χ3v) is 4.92. The van der Waals surface area contributed by atoms with Crippen molar-refractivity contribution in [3.8, 4) is 0 Å². The van der Waals surface area contributed by atoms with Crippen LogP contribution in [0.25, 0.3) is 17.0 Å². The predicted octanol–water partition coefficient (Wildman–Crippen LogP) is 2.69. The molecule has 9 heteroatoms. The largest absolute Gasteiger partial charge is 0.342 e. The number of hydrogen-bond acceptors (Lipinski definition) is 5. The van der Waals surface area contributed by atoms with Crippen molar-refractivity contribution in [2.24, 2.45) is 0 Å². The van der Waals surface area contributed by atoms with Crippen molar-refractivity contribution in [2.75, 3.05) is 7.05 Å². The highest BCUT2D eigenvalue weighted by Gasteiger charge is 2.33. The molecule has 30 heavy (non-hydrogen) atoms. The normalized spacial score (nSPS) is 15.7. The highest BCUT2D eigenvalue weighted by molar-refractivity contribution is 6.31. The van der Waals surface area contributed by atoms with E-state index in [1.807, 2.05) is 28.8 Å². The van der Waals surface area contributed by atoms with Gasteiger partial charge in [-0.15, -0.1) is 0 Å². The Hall–Kier alpha value is -4.27. The summed E-state index contributed by atoms with van der Waals surface area (Å²) in [6.45, 7) is 0.445. The van der Waals surface area contributed by atoms with Gasteiger partial charge in [0.15, 0.2) is 0 Å². The van der Waals surface area contributed by atoms with Crippen molar-refractivity contribution < 1.29 is 19.3 Å². The number of nitro groups is 1. The molecule has 2 heterocycles. The van der Waals surface area contributed by atoms with E-state index in [9.17, 15) is 24.5 Å². The second-order valence-electron chi connectivity index (χ2n) is 6.83. The Kier molecular flexibility index (Phi) is 4.63. The number of benzene rings is 2. The lowest BCUT2D eigenvalue weighted by Gasteiger charge is -2.22. The number of likely N-dealkylation sites (N-methyl/N-ethyl adjacent to an activating group) is 1. The molecule has 0 saturated carbocycles. The highest BCUT2D eigenvalue weighted by atomic mass is 16.6. The first-order valence-electron chi connectivity index (χ1n) is 9.01. The van der Waals surface area contributed by atoms with E-state index >= 15 is 0 Å². The number of barbiturate groups is 1. The van der Waals surface area contributed by atoms with Gasteiger partial charge in [0.25, 0.3) is 17.5 Å². The number of amides is 4. The number of nitrogens with one attached hydrogen (secondary N) is 1. The fourth-order valence-corrected chi connectivity index (χ4v) is 3.34. The molecule has 0 spiro atoms. The van der Waals surface area contributed by atoms with E-state index in [-0.39, 0.29) is 11.3 Å². The number of fused-ring (bicyclic) bond motifs is 1. The maximum Gasteiger partial charge on any atom is 0.331 e. The molecule has 9 nitrogen and oxygen atoms in total. The van der Waals surface area contributed by atoms with Gasteiger partial charge in [0.1, 0.15) is 5.57 Å². The average molecular weight is 404 g/mol. The zero-order chi connectivity index (χ0) is 21.4. The number of nitro benzene ring substituents is 1. The summed E-state index contributed by atoms with van der Waals surface area (Å²) in [7, 11) is 1.30. The number of hydrogen-bond donors (Lipinski definition) is 1. The van der Waals surface area contributed by atoms with Crippen molar-refractivity contribution >= 4 is 40.5 Å². The van der Waals surface area contributed by atoms with E-state index in [0.29, 0.717) is 12.1 Å². The van der Waals surface area contributed by atoms with Gasteiger partial charge in [0, 0.05) is 48.4 Å². The lowest BCUT2D eigenvalue weighted by Crippen LogP contribution is -2.52. The summed E-state index contributed by atoms with van der Waals surface area (Å²) in [6.07, 6.45) is 3.27. The van der Waals surface area contributed by atoms with Crippen molar-refractivity contribution in [1.29, 1.82) is 0 Å². The Morgan fingerprint density at radius 1 is 1.07 bits per heavy atom. The molecule has 4 rings (SSSR count). The zero-order valence-electron chi connectivity index (χ0n) is 15.9. The SMILES string of the molecule is CN1C(=O)NC(=O)/C(=C/c2cn(Cc3ccc([N+](=O)[O-])cc3)c3ccccc23)C1=O. The summed E-state index contributed by atoms with van der Waals surface area (Å²) in [5, 5.41) is 13.8. The van der Waals surface area contributed by atoms with Gasteiger partial charge in [-0.3, -0.25) is 29.9 Å². The Labute approximate surface area is 170 Å². The van der Waals surface area contributed by atoms with Gasteiger partial charge in [0.2, 0.25) is 0 Å². The summed E-state index contributed by atoms with van der Waals surface area (Å²) in [5.74, 6) is -1.41. The van der Waals surface area contributed by atoms with Crippen LogP contribution in [0.3, 0.4) is 0 Å². The summed E-state index contributed by atoms with van der Waals surface area (Å²) >= 11 is 0. The second-order valence-corrected chi connectivity index (χ2v) is 6.83. The van der Waals surface area contributed by atoms with Crippen LogP contribution in [-0.4, -0.2) is 39.3 Å². The third-order valence-electron chi connectivity index (χ3n) is 4.92. The molecule has 4 amide bonds. The van der Waals surface area contributed by atoms with E-state index in [1.165, 1.54) is 25.3 Å². The topological polar surface area (TPSA) is 115 Å². The van der Waals surface area contributed by atoms with Crippen LogP contribution in [0, 0.1) is 10.1 Å². The van der Waals surface area contributed by atoms with E-state index < -0.39 is 22.8 Å². The van der Waals surface area contributed by atoms with E-state index in [2.05, 4.69) is 5.32 Å². The van der Waals surface area contributed by atoms with Crippen molar-refractivity contribution in [3.63, 3.8) is 0 Å². The van der Waals surface area contributed by atoms with Crippen molar-refractivity contribution in [2.45, 2.75) is 6.54 Å². The maximum atomic E-state index is 12.4. The zero-order valence-corrected chi connectivity index (χ0v) is 15.9. The van der Waals surface area contributed by atoms with E-state index in [1.54, 1.807) is 18.3 Å². The van der Waals surface area contributed by atoms with E-state index in [0.717, 1.165) is 21.4 Å². The minimum Gasteiger partial charge on any atom is -0.342 e. The minimum absolute atomic E-state index is 0.0158. The van der Waals surface area contributed by atoms with Crippen LogP contribution in [0.1, 0.15) is 11.1 Å². The molecule has 0 unspecified atom stereocenters. The standard InChI is InChI=1S/C21H16N4O5/c1-23-20(27)17(19(26)22-21(23)28)10-14-12-24(18-5-3-2-4-16(14)18)11-13-6-8-15(9-7-13)25(29)30/h2-10,12H,11H2,1H3,(H,22,26,28)/b17-10-. The number of non-ortho nitro benzene ring substituents is 1. The highest BCUT2D eigenvalue weighted by Crippen LogP contribution is 2.26. The molecular weight excluding hydrogens is 388 g/mol. The number of rotatable bonds is 4. The van der Waals surface area contributed by atoms with E-state index in [4.69, 9.17) is 0 Å². The second kappa shape index (κ2) is 7.28. The maximum absolute atomic E-state index is 12.4. The summed E-state index contributed by atoms with van der Waals surface area (Å²) < 4.78 is 1.93. The lowest BCUT2D eigenvalue weighted by molar-refractivity contribution is -0.384. The smallest absolute Gasteiger partial charge is 0.331 e. The molecule has 0 radical (unpaired) electrons. The first-order chi connectivity index (χ1) is 14.3. The first kappa shape index (κ1) is 19.1. The summed E-state index contributed by atoms with van der Waals surface area (Å²) in [4.78, 5) is 47.4. The molecule has 150 valence electrons. The number of carbonyl (C=O) groups excluding carboxylic acids is 3. The van der Waals surface area contributed by atoms with Crippen LogP contribution in [0.4, 0.5) is 10.5 Å². The molecule has 1 saturated heterocycles. The van der Waals surface area contributed by atoms with Crippen LogP contribution >= 0.6 is 0 Å². The number of urea groups is 1. The Bertz CT molecular complexity index is 1240.